The van der Waals surface area contributed by atoms with Gasteiger partial charge in [0.25, 0.3) is 0 Å². The number of carbonyl (C=O) groups is 2. The van der Waals surface area contributed by atoms with Crippen LogP contribution < -0.4 is 0 Å². The van der Waals surface area contributed by atoms with Gasteiger partial charge in [0.2, 0.25) is 5.67 Å². The first kappa shape index (κ1) is 8.66. The van der Waals surface area contributed by atoms with Gasteiger partial charge in [0.15, 0.2) is 0 Å². The van der Waals surface area contributed by atoms with Crippen LogP contribution in [0.2, 0.25) is 0 Å². The second kappa shape index (κ2) is 2.53. The van der Waals surface area contributed by atoms with Crippen molar-refractivity contribution in [2.24, 2.45) is 11.8 Å². The monoisotopic (exact) mass is 186 g/mol. The van der Waals surface area contributed by atoms with Crippen molar-refractivity contribution in [3.63, 3.8) is 0 Å². The smallest absolute Gasteiger partial charge is 0.344 e. The van der Waals surface area contributed by atoms with Crippen LogP contribution in [0, 0.1) is 11.8 Å². The molecular weight excluding hydrogens is 175 g/mol. The van der Waals surface area contributed by atoms with Crippen LogP contribution in [0.15, 0.2) is 0 Å². The number of ketones is 1. The molecule has 0 aromatic rings. The molecular formula is C9H11FO3. The maximum absolute atomic E-state index is 13.7. The molecule has 2 fully saturated rings. The van der Waals surface area contributed by atoms with Gasteiger partial charge in [0.05, 0.1) is 12.5 Å². The Bertz CT molecular complexity index is 276. The van der Waals surface area contributed by atoms with Crippen LogP contribution >= 0.6 is 0 Å². The standard InChI is InChI=1S/C9H11FO3/c1-2-13-8(12)9(10)5-3-4-6(11)7(5)9/h5,7H,2-4H2,1H3. The van der Waals surface area contributed by atoms with Gasteiger partial charge in [-0.2, -0.15) is 0 Å². The van der Waals surface area contributed by atoms with Crippen molar-refractivity contribution in [2.45, 2.75) is 25.4 Å². The second-order valence-corrected chi connectivity index (χ2v) is 3.58. The Morgan fingerprint density at radius 2 is 2.46 bits per heavy atom. The largest absolute Gasteiger partial charge is 0.464 e. The van der Waals surface area contributed by atoms with Crippen LogP contribution in [0.4, 0.5) is 4.39 Å². The van der Waals surface area contributed by atoms with E-state index in [9.17, 15) is 14.0 Å². The maximum Gasteiger partial charge on any atom is 0.344 e. The Labute approximate surface area is 75.2 Å². The molecule has 2 saturated carbocycles. The number of esters is 1. The average molecular weight is 186 g/mol. The first-order chi connectivity index (χ1) is 6.12. The lowest BCUT2D eigenvalue weighted by Crippen LogP contribution is -2.28. The number of carbonyl (C=O) groups excluding carboxylic acids is 2. The number of hydrogen-bond donors (Lipinski definition) is 0. The number of fused-ring (bicyclic) bond motifs is 1. The zero-order valence-electron chi connectivity index (χ0n) is 7.38. The summed E-state index contributed by atoms with van der Waals surface area (Å²) in [6.07, 6.45) is 0.916. The fourth-order valence-corrected chi connectivity index (χ4v) is 2.23. The van der Waals surface area contributed by atoms with Crippen LogP contribution in [-0.4, -0.2) is 24.0 Å². The summed E-state index contributed by atoms with van der Waals surface area (Å²) in [5.74, 6) is -2.05. The molecule has 2 aliphatic carbocycles. The molecule has 0 spiro atoms. The van der Waals surface area contributed by atoms with Gasteiger partial charge in [-0.25, -0.2) is 9.18 Å². The number of rotatable bonds is 2. The molecule has 0 saturated heterocycles. The van der Waals surface area contributed by atoms with Crippen molar-refractivity contribution in [3.05, 3.63) is 0 Å². The van der Waals surface area contributed by atoms with Gasteiger partial charge in [0, 0.05) is 12.3 Å². The van der Waals surface area contributed by atoms with Crippen molar-refractivity contribution in [1.29, 1.82) is 0 Å². The third-order valence-corrected chi connectivity index (χ3v) is 2.92. The first-order valence-corrected chi connectivity index (χ1v) is 4.51. The van der Waals surface area contributed by atoms with Crippen LogP contribution in [0.5, 0.6) is 0 Å². The molecule has 13 heavy (non-hydrogen) atoms. The second-order valence-electron chi connectivity index (χ2n) is 3.58. The third kappa shape index (κ3) is 0.943. The van der Waals surface area contributed by atoms with Gasteiger partial charge < -0.3 is 4.74 Å². The molecule has 3 nitrogen and oxygen atoms in total. The fourth-order valence-electron chi connectivity index (χ4n) is 2.23. The van der Waals surface area contributed by atoms with E-state index in [4.69, 9.17) is 0 Å². The molecule has 3 unspecified atom stereocenters. The molecule has 2 aliphatic rings. The molecule has 3 atom stereocenters. The molecule has 4 heteroatoms. The summed E-state index contributed by atoms with van der Waals surface area (Å²) in [4.78, 5) is 22.2. The van der Waals surface area contributed by atoms with E-state index < -0.39 is 17.6 Å². The zero-order valence-corrected chi connectivity index (χ0v) is 7.38. The van der Waals surface area contributed by atoms with Crippen molar-refractivity contribution in [2.75, 3.05) is 6.61 Å². The van der Waals surface area contributed by atoms with Crippen molar-refractivity contribution < 1.29 is 18.7 Å². The molecule has 0 bridgehead atoms. The van der Waals surface area contributed by atoms with Gasteiger partial charge in [-0.05, 0) is 13.3 Å². The zero-order chi connectivity index (χ0) is 9.64. The Morgan fingerprint density at radius 1 is 1.77 bits per heavy atom. The van der Waals surface area contributed by atoms with Gasteiger partial charge >= 0.3 is 5.97 Å². The van der Waals surface area contributed by atoms with E-state index in [-0.39, 0.29) is 18.3 Å². The van der Waals surface area contributed by atoms with E-state index in [0.717, 1.165) is 0 Å². The summed E-state index contributed by atoms with van der Waals surface area (Å²) in [5, 5.41) is 0. The van der Waals surface area contributed by atoms with Crippen molar-refractivity contribution in [3.8, 4) is 0 Å². The molecule has 0 amide bonds. The summed E-state index contributed by atoms with van der Waals surface area (Å²) in [5.41, 5.74) is -1.97. The molecule has 2 rings (SSSR count). The molecule has 72 valence electrons. The summed E-state index contributed by atoms with van der Waals surface area (Å²) in [6.45, 7) is 1.79. The lowest BCUT2D eigenvalue weighted by Gasteiger charge is -2.08. The van der Waals surface area contributed by atoms with Gasteiger partial charge in [-0.1, -0.05) is 0 Å². The Morgan fingerprint density at radius 3 is 2.92 bits per heavy atom. The number of halogens is 1. The van der Waals surface area contributed by atoms with E-state index in [1.165, 1.54) is 0 Å². The summed E-state index contributed by atoms with van der Waals surface area (Å²) < 4.78 is 18.3. The van der Waals surface area contributed by atoms with Crippen LogP contribution in [0.25, 0.3) is 0 Å². The Hall–Kier alpha value is -0.930. The summed E-state index contributed by atoms with van der Waals surface area (Å²) in [7, 11) is 0. The molecule has 0 aromatic heterocycles. The van der Waals surface area contributed by atoms with Gasteiger partial charge in [-0.3, -0.25) is 4.79 Å². The van der Waals surface area contributed by atoms with Crippen LogP contribution in [0.1, 0.15) is 19.8 Å². The summed E-state index contributed by atoms with van der Waals surface area (Å²) in [6, 6.07) is 0. The normalized spacial score (nSPS) is 41.5. The molecule has 0 heterocycles. The fraction of sp³-hybridized carbons (Fsp3) is 0.778. The number of alkyl halides is 1. The van der Waals surface area contributed by atoms with Gasteiger partial charge in [-0.15, -0.1) is 0 Å². The quantitative estimate of drug-likeness (QED) is 0.601. The molecule has 0 N–H and O–H groups in total. The van der Waals surface area contributed by atoms with Crippen molar-refractivity contribution >= 4 is 11.8 Å². The maximum atomic E-state index is 13.7. The van der Waals surface area contributed by atoms with E-state index in [1.54, 1.807) is 6.92 Å². The first-order valence-electron chi connectivity index (χ1n) is 4.51. The van der Waals surface area contributed by atoms with Gasteiger partial charge in [0.1, 0.15) is 5.78 Å². The number of Topliss-reactive ketones (excluding diaryl/α,β-unsaturated/α-hetero) is 1. The van der Waals surface area contributed by atoms with E-state index in [2.05, 4.69) is 4.74 Å². The minimum Gasteiger partial charge on any atom is -0.464 e. The van der Waals surface area contributed by atoms with E-state index >= 15 is 0 Å². The lowest BCUT2D eigenvalue weighted by molar-refractivity contribution is -0.153. The SMILES string of the molecule is CCOC(=O)C1(F)C2CCC(=O)C21. The third-order valence-electron chi connectivity index (χ3n) is 2.92. The number of ether oxygens (including phenoxy) is 1. The Balaban J connectivity index is 2.09. The predicted octanol–water partition coefficient (Wildman–Crippen LogP) is 0.867. The summed E-state index contributed by atoms with van der Waals surface area (Å²) >= 11 is 0. The van der Waals surface area contributed by atoms with Crippen LogP contribution in [-0.2, 0) is 14.3 Å². The topological polar surface area (TPSA) is 43.4 Å². The molecule has 0 radical (unpaired) electrons. The number of hydrogen-bond acceptors (Lipinski definition) is 3. The highest BCUT2D eigenvalue weighted by molar-refractivity contribution is 5.99. The predicted molar refractivity (Wildman–Crippen MR) is 41.7 cm³/mol. The molecule has 0 aliphatic heterocycles. The van der Waals surface area contributed by atoms with E-state index in [1.807, 2.05) is 0 Å². The highest BCUT2D eigenvalue weighted by Crippen LogP contribution is 2.61. The highest BCUT2D eigenvalue weighted by Gasteiger charge is 2.77. The van der Waals surface area contributed by atoms with Crippen LogP contribution in [0.3, 0.4) is 0 Å². The lowest BCUT2D eigenvalue weighted by atomic mass is 10.1. The minimum absolute atomic E-state index is 0.124. The minimum atomic E-state index is -1.97. The average Bonchev–Trinajstić information content (AvgIpc) is 2.47. The van der Waals surface area contributed by atoms with Crippen molar-refractivity contribution in [1.82, 2.24) is 0 Å². The Kier molecular flexibility index (Phi) is 1.68. The molecule has 0 aromatic carbocycles. The van der Waals surface area contributed by atoms with E-state index in [0.29, 0.717) is 12.8 Å². The highest BCUT2D eigenvalue weighted by atomic mass is 19.1.